The number of likely N-dealkylation sites (tertiary alicyclic amines) is 1. The number of likely N-dealkylation sites (N-methyl/N-ethyl adjacent to an activating group) is 1. The summed E-state index contributed by atoms with van der Waals surface area (Å²) in [5.41, 5.74) is 0. The van der Waals surface area contributed by atoms with Crippen LogP contribution < -0.4 is 0 Å². The highest BCUT2D eigenvalue weighted by atomic mass is 16.4. The van der Waals surface area contributed by atoms with Crippen LogP contribution in [0.3, 0.4) is 0 Å². The standard InChI is InChI=1S/C11H13N3O2/c1-14-5-4-8(7-14)10-12-13-11(16-10)9-3-2-6-15-9/h2-3,6,8H,4-5,7H2,1H3/t8-/m0/s1. The Morgan fingerprint density at radius 2 is 2.38 bits per heavy atom. The molecule has 3 heterocycles. The minimum absolute atomic E-state index is 0.362. The van der Waals surface area contributed by atoms with Crippen molar-refractivity contribution < 1.29 is 8.83 Å². The van der Waals surface area contributed by atoms with Gasteiger partial charge in [-0.05, 0) is 32.1 Å². The summed E-state index contributed by atoms with van der Waals surface area (Å²) in [4.78, 5) is 2.27. The topological polar surface area (TPSA) is 55.3 Å². The SMILES string of the molecule is CN1CC[C@H](c2nnc(-c3ccco3)o2)C1. The number of hydrogen-bond donors (Lipinski definition) is 0. The van der Waals surface area contributed by atoms with Crippen molar-refractivity contribution in [1.82, 2.24) is 15.1 Å². The third-order valence-electron chi connectivity index (χ3n) is 2.91. The fourth-order valence-electron chi connectivity index (χ4n) is 2.04. The van der Waals surface area contributed by atoms with Gasteiger partial charge in [-0.25, -0.2) is 0 Å². The van der Waals surface area contributed by atoms with E-state index in [1.165, 1.54) is 0 Å². The van der Waals surface area contributed by atoms with Gasteiger partial charge in [0.15, 0.2) is 5.76 Å². The third-order valence-corrected chi connectivity index (χ3v) is 2.91. The maximum atomic E-state index is 5.62. The normalized spacial score (nSPS) is 21.7. The molecule has 0 amide bonds. The summed E-state index contributed by atoms with van der Waals surface area (Å²) in [6, 6.07) is 3.63. The van der Waals surface area contributed by atoms with Gasteiger partial charge in [-0.15, -0.1) is 10.2 Å². The van der Waals surface area contributed by atoms with Crippen LogP contribution in [0.1, 0.15) is 18.2 Å². The lowest BCUT2D eigenvalue weighted by molar-refractivity contribution is 0.392. The third kappa shape index (κ3) is 1.63. The van der Waals surface area contributed by atoms with Gasteiger partial charge in [0.2, 0.25) is 5.89 Å². The average molecular weight is 219 g/mol. The number of aromatic nitrogens is 2. The molecular weight excluding hydrogens is 206 g/mol. The molecule has 1 atom stereocenters. The van der Waals surface area contributed by atoms with E-state index < -0.39 is 0 Å². The monoisotopic (exact) mass is 219 g/mol. The van der Waals surface area contributed by atoms with Gasteiger partial charge < -0.3 is 13.7 Å². The predicted octanol–water partition coefficient (Wildman–Crippen LogP) is 1.75. The molecule has 0 aromatic carbocycles. The maximum Gasteiger partial charge on any atom is 0.283 e. The first kappa shape index (κ1) is 9.59. The minimum Gasteiger partial charge on any atom is -0.459 e. The Morgan fingerprint density at radius 1 is 1.44 bits per heavy atom. The van der Waals surface area contributed by atoms with E-state index in [4.69, 9.17) is 8.83 Å². The van der Waals surface area contributed by atoms with Gasteiger partial charge in [-0.3, -0.25) is 0 Å². The van der Waals surface area contributed by atoms with Gasteiger partial charge in [0, 0.05) is 6.54 Å². The fraction of sp³-hybridized carbons (Fsp3) is 0.455. The van der Waals surface area contributed by atoms with Gasteiger partial charge in [0.25, 0.3) is 5.89 Å². The van der Waals surface area contributed by atoms with Crippen molar-refractivity contribution in [1.29, 1.82) is 0 Å². The lowest BCUT2D eigenvalue weighted by Gasteiger charge is -2.05. The smallest absolute Gasteiger partial charge is 0.283 e. The van der Waals surface area contributed by atoms with E-state index in [0.717, 1.165) is 25.4 Å². The Bertz CT molecular complexity index is 463. The van der Waals surface area contributed by atoms with Crippen LogP contribution >= 0.6 is 0 Å². The van der Waals surface area contributed by atoms with E-state index in [1.807, 2.05) is 12.1 Å². The molecule has 0 spiro atoms. The van der Waals surface area contributed by atoms with Crippen molar-refractivity contribution >= 4 is 0 Å². The largest absolute Gasteiger partial charge is 0.459 e. The molecule has 0 radical (unpaired) electrons. The first-order valence-corrected chi connectivity index (χ1v) is 5.39. The van der Waals surface area contributed by atoms with Crippen molar-refractivity contribution in [3.05, 3.63) is 24.3 Å². The molecule has 2 aromatic heterocycles. The van der Waals surface area contributed by atoms with Gasteiger partial charge in [-0.2, -0.15) is 0 Å². The van der Waals surface area contributed by atoms with Crippen molar-refractivity contribution in [2.45, 2.75) is 12.3 Å². The van der Waals surface area contributed by atoms with Crippen LogP contribution in [0.25, 0.3) is 11.7 Å². The predicted molar refractivity (Wildman–Crippen MR) is 56.9 cm³/mol. The van der Waals surface area contributed by atoms with Crippen LogP contribution in [0.15, 0.2) is 27.2 Å². The number of furan rings is 1. The molecule has 3 rings (SSSR count). The second-order valence-electron chi connectivity index (χ2n) is 4.17. The Hall–Kier alpha value is -1.62. The summed E-state index contributed by atoms with van der Waals surface area (Å²) < 4.78 is 10.8. The Balaban J connectivity index is 1.83. The molecule has 1 fully saturated rings. The molecule has 84 valence electrons. The van der Waals surface area contributed by atoms with E-state index in [1.54, 1.807) is 6.26 Å². The van der Waals surface area contributed by atoms with Crippen molar-refractivity contribution in [2.24, 2.45) is 0 Å². The van der Waals surface area contributed by atoms with Crippen LogP contribution in [0, 0.1) is 0 Å². The molecule has 5 nitrogen and oxygen atoms in total. The molecule has 5 heteroatoms. The quantitative estimate of drug-likeness (QED) is 0.770. The van der Waals surface area contributed by atoms with Crippen LogP contribution in [0.5, 0.6) is 0 Å². The summed E-state index contributed by atoms with van der Waals surface area (Å²) in [7, 11) is 2.10. The Kier molecular flexibility index (Phi) is 2.25. The lowest BCUT2D eigenvalue weighted by Crippen LogP contribution is -2.13. The molecule has 0 bridgehead atoms. The molecule has 1 saturated heterocycles. The number of hydrogen-bond acceptors (Lipinski definition) is 5. The molecule has 0 saturated carbocycles. The van der Waals surface area contributed by atoms with E-state index in [2.05, 4.69) is 22.1 Å². The zero-order valence-corrected chi connectivity index (χ0v) is 9.09. The minimum atomic E-state index is 0.362. The maximum absolute atomic E-state index is 5.62. The zero-order valence-electron chi connectivity index (χ0n) is 9.09. The molecule has 1 aliphatic heterocycles. The van der Waals surface area contributed by atoms with Crippen LogP contribution in [-0.2, 0) is 0 Å². The van der Waals surface area contributed by atoms with Crippen molar-refractivity contribution in [2.75, 3.05) is 20.1 Å². The first-order chi connectivity index (χ1) is 7.83. The second kappa shape index (κ2) is 3.75. The van der Waals surface area contributed by atoms with Crippen molar-refractivity contribution in [3.63, 3.8) is 0 Å². The van der Waals surface area contributed by atoms with Crippen LogP contribution in [0.2, 0.25) is 0 Å². The number of rotatable bonds is 2. The Labute approximate surface area is 93.1 Å². The van der Waals surface area contributed by atoms with E-state index >= 15 is 0 Å². The molecule has 16 heavy (non-hydrogen) atoms. The summed E-state index contributed by atoms with van der Waals surface area (Å²) in [5.74, 6) is 2.18. The van der Waals surface area contributed by atoms with Gasteiger partial charge in [-0.1, -0.05) is 0 Å². The Morgan fingerprint density at radius 3 is 3.06 bits per heavy atom. The van der Waals surface area contributed by atoms with Crippen molar-refractivity contribution in [3.8, 4) is 11.7 Å². The molecule has 2 aromatic rings. The fourth-order valence-corrected chi connectivity index (χ4v) is 2.04. The van der Waals surface area contributed by atoms with Gasteiger partial charge in [0.05, 0.1) is 12.2 Å². The average Bonchev–Trinajstić information content (AvgIpc) is 2.97. The highest BCUT2D eigenvalue weighted by molar-refractivity contribution is 5.42. The number of nitrogens with zero attached hydrogens (tertiary/aromatic N) is 3. The van der Waals surface area contributed by atoms with E-state index in [0.29, 0.717) is 17.6 Å². The van der Waals surface area contributed by atoms with Crippen LogP contribution in [-0.4, -0.2) is 35.2 Å². The highest BCUT2D eigenvalue weighted by Crippen LogP contribution is 2.27. The summed E-state index contributed by atoms with van der Waals surface area (Å²) in [6.45, 7) is 2.07. The molecule has 0 N–H and O–H groups in total. The van der Waals surface area contributed by atoms with E-state index in [9.17, 15) is 0 Å². The molecular formula is C11H13N3O2. The lowest BCUT2D eigenvalue weighted by atomic mass is 10.1. The van der Waals surface area contributed by atoms with Crippen LogP contribution in [0.4, 0.5) is 0 Å². The van der Waals surface area contributed by atoms with E-state index in [-0.39, 0.29) is 0 Å². The summed E-state index contributed by atoms with van der Waals surface area (Å²) in [5, 5.41) is 8.08. The first-order valence-electron chi connectivity index (χ1n) is 5.39. The second-order valence-corrected chi connectivity index (χ2v) is 4.17. The summed E-state index contributed by atoms with van der Waals surface area (Å²) in [6.07, 6.45) is 2.68. The highest BCUT2D eigenvalue weighted by Gasteiger charge is 2.26. The van der Waals surface area contributed by atoms with Gasteiger partial charge in [0.1, 0.15) is 0 Å². The molecule has 0 unspecified atom stereocenters. The molecule has 1 aliphatic rings. The molecule has 0 aliphatic carbocycles. The zero-order chi connectivity index (χ0) is 11.0. The van der Waals surface area contributed by atoms with Gasteiger partial charge >= 0.3 is 0 Å². The summed E-state index contributed by atoms with van der Waals surface area (Å²) >= 11 is 0.